The van der Waals surface area contributed by atoms with Crippen LogP contribution in [0.5, 0.6) is 0 Å². The number of unbranched alkanes of at least 4 members (excludes halogenated alkanes) is 2. The molecule has 1 aliphatic heterocycles. The van der Waals surface area contributed by atoms with Gasteiger partial charge in [0.1, 0.15) is 0 Å². The molecule has 0 aromatic heterocycles. The first-order chi connectivity index (χ1) is 9.21. The van der Waals surface area contributed by atoms with Gasteiger partial charge in [-0.25, -0.2) is 0 Å². The second-order valence-electron chi connectivity index (χ2n) is 5.03. The number of likely N-dealkylation sites (tertiary alicyclic amines) is 1. The van der Waals surface area contributed by atoms with E-state index in [4.69, 9.17) is 0 Å². The Morgan fingerprint density at radius 1 is 1.37 bits per heavy atom. The van der Waals surface area contributed by atoms with E-state index in [0.29, 0.717) is 12.5 Å². The molecule has 1 atom stereocenters. The maximum atomic E-state index is 11.6. The van der Waals surface area contributed by atoms with Gasteiger partial charge in [0.25, 0.3) is 0 Å². The molecule has 19 heavy (non-hydrogen) atoms. The number of hydrogen-bond donors (Lipinski definition) is 2. The van der Waals surface area contributed by atoms with E-state index in [0.717, 1.165) is 32.0 Å². The second kappa shape index (κ2) is 8.77. The molecule has 0 aromatic rings. The topological polar surface area (TPSA) is 56.7 Å². The zero-order chi connectivity index (χ0) is 14.1. The first-order valence-corrected chi connectivity index (χ1v) is 7.46. The van der Waals surface area contributed by atoms with Gasteiger partial charge in [0, 0.05) is 39.1 Å². The van der Waals surface area contributed by atoms with E-state index >= 15 is 0 Å². The minimum atomic E-state index is 0.246. The molecule has 5 heteroatoms. The lowest BCUT2D eigenvalue weighted by atomic mass is 10.2. The monoisotopic (exact) mass is 268 g/mol. The van der Waals surface area contributed by atoms with Gasteiger partial charge in [-0.15, -0.1) is 0 Å². The molecule has 0 aliphatic carbocycles. The van der Waals surface area contributed by atoms with E-state index in [1.807, 2.05) is 11.8 Å². The third-order valence-corrected chi connectivity index (χ3v) is 3.48. The van der Waals surface area contributed by atoms with Crippen molar-refractivity contribution in [2.75, 3.05) is 26.7 Å². The Balaban J connectivity index is 2.27. The van der Waals surface area contributed by atoms with Crippen molar-refractivity contribution in [2.24, 2.45) is 4.99 Å². The molecule has 0 saturated carbocycles. The van der Waals surface area contributed by atoms with Crippen LogP contribution in [0.4, 0.5) is 0 Å². The summed E-state index contributed by atoms with van der Waals surface area (Å²) in [4.78, 5) is 17.8. The predicted octanol–water partition coefficient (Wildman–Crippen LogP) is 1.35. The molecule has 1 rings (SSSR count). The van der Waals surface area contributed by atoms with Crippen LogP contribution >= 0.6 is 0 Å². The Labute approximate surface area is 116 Å². The molecule has 0 bridgehead atoms. The lowest BCUT2D eigenvalue weighted by Gasteiger charge is -2.18. The third-order valence-electron chi connectivity index (χ3n) is 3.48. The molecule has 1 heterocycles. The number of hydrogen-bond acceptors (Lipinski definition) is 2. The maximum absolute atomic E-state index is 11.6. The number of aliphatic imine (C=N–C) groups is 1. The summed E-state index contributed by atoms with van der Waals surface area (Å²) >= 11 is 0. The number of amides is 1. The largest absolute Gasteiger partial charge is 0.356 e. The van der Waals surface area contributed by atoms with Crippen molar-refractivity contribution in [1.82, 2.24) is 15.5 Å². The van der Waals surface area contributed by atoms with Crippen LogP contribution in [0.15, 0.2) is 4.99 Å². The molecule has 1 amide bonds. The Hall–Kier alpha value is -1.26. The number of rotatable bonds is 6. The normalized spacial score (nSPS) is 19.6. The molecule has 1 aliphatic rings. The highest BCUT2D eigenvalue weighted by molar-refractivity contribution is 5.80. The first-order valence-electron chi connectivity index (χ1n) is 7.46. The van der Waals surface area contributed by atoms with Gasteiger partial charge in [-0.2, -0.15) is 0 Å². The van der Waals surface area contributed by atoms with Crippen LogP contribution in [0.25, 0.3) is 0 Å². The molecule has 1 fully saturated rings. The summed E-state index contributed by atoms with van der Waals surface area (Å²) in [5.41, 5.74) is 0. The zero-order valence-electron chi connectivity index (χ0n) is 12.5. The number of nitrogens with zero attached hydrogens (tertiary/aromatic N) is 2. The zero-order valence-corrected chi connectivity index (χ0v) is 12.5. The molecule has 2 N–H and O–H groups in total. The summed E-state index contributed by atoms with van der Waals surface area (Å²) in [7, 11) is 1.79. The van der Waals surface area contributed by atoms with Crippen molar-refractivity contribution in [2.45, 2.75) is 52.0 Å². The number of carbonyl (C=O) groups is 1. The van der Waals surface area contributed by atoms with Crippen molar-refractivity contribution in [3.05, 3.63) is 0 Å². The second-order valence-corrected chi connectivity index (χ2v) is 5.03. The molecular formula is C14H28N4O. The van der Waals surface area contributed by atoms with Gasteiger partial charge < -0.3 is 15.5 Å². The lowest BCUT2D eigenvalue weighted by Crippen LogP contribution is -2.45. The predicted molar refractivity (Wildman–Crippen MR) is 79.3 cm³/mol. The van der Waals surface area contributed by atoms with Crippen molar-refractivity contribution in [3.8, 4) is 0 Å². The van der Waals surface area contributed by atoms with Crippen LogP contribution in [0, 0.1) is 0 Å². The smallest absolute Gasteiger partial charge is 0.222 e. The fourth-order valence-corrected chi connectivity index (χ4v) is 2.30. The molecule has 1 unspecified atom stereocenters. The quantitative estimate of drug-likeness (QED) is 0.434. The summed E-state index contributed by atoms with van der Waals surface area (Å²) in [5.74, 6) is 1.10. The van der Waals surface area contributed by atoms with Crippen molar-refractivity contribution in [3.63, 3.8) is 0 Å². The van der Waals surface area contributed by atoms with Gasteiger partial charge in [0.15, 0.2) is 5.96 Å². The van der Waals surface area contributed by atoms with E-state index in [1.165, 1.54) is 19.3 Å². The number of guanidine groups is 1. The van der Waals surface area contributed by atoms with Crippen LogP contribution in [-0.2, 0) is 4.79 Å². The highest BCUT2D eigenvalue weighted by Gasteiger charge is 2.25. The third kappa shape index (κ3) is 5.49. The van der Waals surface area contributed by atoms with Crippen LogP contribution in [0.1, 0.15) is 46.0 Å². The van der Waals surface area contributed by atoms with Gasteiger partial charge in [0.05, 0.1) is 0 Å². The van der Waals surface area contributed by atoms with E-state index in [1.54, 1.807) is 7.05 Å². The standard InChI is InChI=1S/C14H28N4O/c1-4-6-7-9-16-14(15-3)17-12-8-10-18(11-12)13(19)5-2/h12H,4-11H2,1-3H3,(H2,15,16,17). The Kier molecular flexibility index (Phi) is 7.30. The molecule has 1 saturated heterocycles. The van der Waals surface area contributed by atoms with Gasteiger partial charge >= 0.3 is 0 Å². The summed E-state index contributed by atoms with van der Waals surface area (Å²) in [5, 5.41) is 6.72. The summed E-state index contributed by atoms with van der Waals surface area (Å²) in [6, 6.07) is 0.327. The van der Waals surface area contributed by atoms with Crippen LogP contribution < -0.4 is 10.6 Å². The van der Waals surface area contributed by atoms with Crippen molar-refractivity contribution in [1.29, 1.82) is 0 Å². The molecule has 0 spiro atoms. The minimum absolute atomic E-state index is 0.246. The van der Waals surface area contributed by atoms with Gasteiger partial charge in [-0.3, -0.25) is 9.79 Å². The van der Waals surface area contributed by atoms with Gasteiger partial charge in [-0.1, -0.05) is 26.7 Å². The molecule has 0 radical (unpaired) electrons. The Morgan fingerprint density at radius 2 is 2.16 bits per heavy atom. The van der Waals surface area contributed by atoms with E-state index in [2.05, 4.69) is 22.5 Å². The highest BCUT2D eigenvalue weighted by atomic mass is 16.2. The first kappa shape index (κ1) is 15.8. The molecule has 110 valence electrons. The highest BCUT2D eigenvalue weighted by Crippen LogP contribution is 2.10. The maximum Gasteiger partial charge on any atom is 0.222 e. The van der Waals surface area contributed by atoms with Crippen molar-refractivity contribution < 1.29 is 4.79 Å². The average Bonchev–Trinajstić information content (AvgIpc) is 2.89. The van der Waals surface area contributed by atoms with Crippen LogP contribution in [-0.4, -0.2) is 49.5 Å². The van der Waals surface area contributed by atoms with Gasteiger partial charge in [0.2, 0.25) is 5.91 Å². The summed E-state index contributed by atoms with van der Waals surface area (Å²) in [6.45, 7) is 6.72. The van der Waals surface area contributed by atoms with Gasteiger partial charge in [-0.05, 0) is 12.8 Å². The molecule has 0 aromatic carbocycles. The van der Waals surface area contributed by atoms with Crippen LogP contribution in [0.2, 0.25) is 0 Å². The number of nitrogens with one attached hydrogen (secondary N) is 2. The molecule has 5 nitrogen and oxygen atoms in total. The Morgan fingerprint density at radius 3 is 2.79 bits per heavy atom. The molecular weight excluding hydrogens is 240 g/mol. The SMILES string of the molecule is CCCCCNC(=NC)NC1CCN(C(=O)CC)C1. The summed E-state index contributed by atoms with van der Waals surface area (Å²) in [6.07, 6.45) is 5.23. The van der Waals surface area contributed by atoms with Crippen LogP contribution in [0.3, 0.4) is 0 Å². The lowest BCUT2D eigenvalue weighted by molar-refractivity contribution is -0.129. The van der Waals surface area contributed by atoms with E-state index in [-0.39, 0.29) is 5.91 Å². The Bertz CT molecular complexity index is 304. The summed E-state index contributed by atoms with van der Waals surface area (Å²) < 4.78 is 0. The minimum Gasteiger partial charge on any atom is -0.356 e. The fraction of sp³-hybridized carbons (Fsp3) is 0.857. The number of carbonyl (C=O) groups excluding carboxylic acids is 1. The van der Waals surface area contributed by atoms with E-state index < -0.39 is 0 Å². The van der Waals surface area contributed by atoms with E-state index in [9.17, 15) is 4.79 Å². The fourth-order valence-electron chi connectivity index (χ4n) is 2.30. The average molecular weight is 268 g/mol. The van der Waals surface area contributed by atoms with Crippen molar-refractivity contribution >= 4 is 11.9 Å².